The summed E-state index contributed by atoms with van der Waals surface area (Å²) in [5.41, 5.74) is 3.16. The van der Waals surface area contributed by atoms with Gasteiger partial charge in [-0.15, -0.1) is 0 Å². The molecule has 1 aliphatic rings. The van der Waals surface area contributed by atoms with Crippen LogP contribution in [0.5, 0.6) is 0 Å². The van der Waals surface area contributed by atoms with Gasteiger partial charge < -0.3 is 14.2 Å². The lowest BCUT2D eigenvalue weighted by atomic mass is 10.0. The van der Waals surface area contributed by atoms with Gasteiger partial charge in [0.05, 0.1) is 18.8 Å². The number of benzene rings is 1. The van der Waals surface area contributed by atoms with Crippen LogP contribution in [0.15, 0.2) is 41.3 Å². The van der Waals surface area contributed by atoms with Crippen molar-refractivity contribution < 1.29 is 14.1 Å². The molecule has 138 valence electrons. The molecule has 0 N–H and O–H groups in total. The van der Waals surface area contributed by atoms with Crippen LogP contribution in [0.1, 0.15) is 28.5 Å². The lowest BCUT2D eigenvalue weighted by Crippen LogP contribution is -2.32. The van der Waals surface area contributed by atoms with E-state index in [-0.39, 0.29) is 0 Å². The van der Waals surface area contributed by atoms with E-state index in [1.54, 1.807) is 6.92 Å². The predicted molar refractivity (Wildman–Crippen MR) is 99.7 cm³/mol. The van der Waals surface area contributed by atoms with Gasteiger partial charge in [-0.3, -0.25) is 0 Å². The van der Waals surface area contributed by atoms with Crippen LogP contribution in [0.2, 0.25) is 5.02 Å². The molecule has 0 atom stereocenters. The molecule has 0 spiro atoms. The van der Waals surface area contributed by atoms with Crippen molar-refractivity contribution in [3.63, 3.8) is 0 Å². The third-order valence-corrected chi connectivity index (χ3v) is 4.68. The minimum absolute atomic E-state index is 0.295. The summed E-state index contributed by atoms with van der Waals surface area (Å²) < 4.78 is 10.7. The summed E-state index contributed by atoms with van der Waals surface area (Å²) >= 11 is 5.98. The number of aromatic nitrogens is 3. The van der Waals surface area contributed by atoms with Gasteiger partial charge in [0.1, 0.15) is 17.7 Å². The number of ether oxygens (including phenoxy) is 1. The Bertz CT molecular complexity index is 971. The molecular weight excluding hydrogens is 368 g/mol. The second-order valence-electron chi connectivity index (χ2n) is 6.10. The van der Waals surface area contributed by atoms with E-state index in [2.05, 4.69) is 15.1 Å². The molecule has 1 aliphatic heterocycles. The van der Waals surface area contributed by atoms with Gasteiger partial charge in [0, 0.05) is 35.3 Å². The average Bonchev–Trinajstić information content (AvgIpc) is 3.12. The first-order valence-electron chi connectivity index (χ1n) is 8.62. The normalized spacial score (nSPS) is 13.3. The standard InChI is InChI=1S/C19H17ClN4O3/c1-2-26-19(25)14-9-21-11-22-18(14)24-8-7-16-15(10-24)17(27-23-16)12-3-5-13(20)6-4-12/h3-6,9,11H,2,7-8,10H2,1H3. The van der Waals surface area contributed by atoms with Crippen molar-refractivity contribution in [2.75, 3.05) is 18.1 Å². The first-order valence-corrected chi connectivity index (χ1v) is 9.00. The molecule has 0 saturated heterocycles. The molecular formula is C19H17ClN4O3. The maximum absolute atomic E-state index is 12.3. The van der Waals surface area contributed by atoms with E-state index in [4.69, 9.17) is 20.9 Å². The highest BCUT2D eigenvalue weighted by Gasteiger charge is 2.28. The van der Waals surface area contributed by atoms with E-state index in [0.29, 0.717) is 48.3 Å². The topological polar surface area (TPSA) is 81.4 Å². The highest BCUT2D eigenvalue weighted by Crippen LogP contribution is 2.33. The van der Waals surface area contributed by atoms with Crippen molar-refractivity contribution in [1.29, 1.82) is 0 Å². The van der Waals surface area contributed by atoms with E-state index in [0.717, 1.165) is 16.8 Å². The molecule has 0 radical (unpaired) electrons. The number of carbonyl (C=O) groups is 1. The molecule has 0 bridgehead atoms. The Kier molecular flexibility index (Phi) is 4.77. The summed E-state index contributed by atoms with van der Waals surface area (Å²) in [5, 5.41) is 4.87. The molecule has 3 aromatic rings. The van der Waals surface area contributed by atoms with Crippen LogP contribution >= 0.6 is 11.6 Å². The number of anilines is 1. The van der Waals surface area contributed by atoms with Gasteiger partial charge in [0.2, 0.25) is 0 Å². The molecule has 4 rings (SSSR count). The molecule has 0 aliphatic carbocycles. The summed E-state index contributed by atoms with van der Waals surface area (Å²) in [7, 11) is 0. The van der Waals surface area contributed by atoms with Crippen LogP contribution in [0.4, 0.5) is 5.82 Å². The summed E-state index contributed by atoms with van der Waals surface area (Å²) in [6.07, 6.45) is 3.61. The molecule has 27 heavy (non-hydrogen) atoms. The van der Waals surface area contributed by atoms with Crippen LogP contribution in [0.3, 0.4) is 0 Å². The number of nitrogens with zero attached hydrogens (tertiary/aromatic N) is 4. The second kappa shape index (κ2) is 7.36. The fourth-order valence-corrected chi connectivity index (χ4v) is 3.28. The minimum atomic E-state index is -0.429. The lowest BCUT2D eigenvalue weighted by molar-refractivity contribution is 0.0526. The monoisotopic (exact) mass is 384 g/mol. The number of halogens is 1. The van der Waals surface area contributed by atoms with Crippen molar-refractivity contribution in [3.05, 3.63) is 58.6 Å². The zero-order valence-corrected chi connectivity index (χ0v) is 15.4. The molecule has 0 unspecified atom stereocenters. The van der Waals surface area contributed by atoms with Crippen molar-refractivity contribution in [2.45, 2.75) is 19.9 Å². The Hall–Kier alpha value is -2.93. The SMILES string of the molecule is CCOC(=O)c1cncnc1N1CCc2noc(-c3ccc(Cl)cc3)c2C1. The molecule has 0 saturated carbocycles. The molecule has 7 nitrogen and oxygen atoms in total. The van der Waals surface area contributed by atoms with Gasteiger partial charge in [0.25, 0.3) is 0 Å². The van der Waals surface area contributed by atoms with Crippen molar-refractivity contribution >= 4 is 23.4 Å². The molecule has 1 aromatic carbocycles. The molecule has 3 heterocycles. The third-order valence-electron chi connectivity index (χ3n) is 4.43. The summed E-state index contributed by atoms with van der Waals surface area (Å²) in [5.74, 6) is 0.831. The smallest absolute Gasteiger partial charge is 0.343 e. The average molecular weight is 385 g/mol. The van der Waals surface area contributed by atoms with E-state index < -0.39 is 5.97 Å². The van der Waals surface area contributed by atoms with Gasteiger partial charge >= 0.3 is 5.97 Å². The largest absolute Gasteiger partial charge is 0.462 e. The molecule has 2 aromatic heterocycles. The van der Waals surface area contributed by atoms with Crippen LogP contribution < -0.4 is 4.90 Å². The van der Waals surface area contributed by atoms with Crippen molar-refractivity contribution in [1.82, 2.24) is 15.1 Å². The first-order chi connectivity index (χ1) is 13.2. The van der Waals surface area contributed by atoms with Crippen LogP contribution in [0.25, 0.3) is 11.3 Å². The van der Waals surface area contributed by atoms with Crippen molar-refractivity contribution in [3.8, 4) is 11.3 Å². The summed E-state index contributed by atoms with van der Waals surface area (Å²) in [4.78, 5) is 22.6. The fraction of sp³-hybridized carbons (Fsp3) is 0.263. The van der Waals surface area contributed by atoms with E-state index >= 15 is 0 Å². The summed E-state index contributed by atoms with van der Waals surface area (Å²) in [6.45, 7) is 3.26. The second-order valence-corrected chi connectivity index (χ2v) is 6.53. The quantitative estimate of drug-likeness (QED) is 0.636. The maximum atomic E-state index is 12.3. The maximum Gasteiger partial charge on any atom is 0.343 e. The third kappa shape index (κ3) is 3.38. The van der Waals surface area contributed by atoms with Gasteiger partial charge in [-0.1, -0.05) is 16.8 Å². The van der Waals surface area contributed by atoms with E-state index in [9.17, 15) is 4.79 Å². The number of carbonyl (C=O) groups excluding carboxylic acids is 1. The zero-order chi connectivity index (χ0) is 18.8. The number of fused-ring (bicyclic) bond motifs is 1. The number of hydrogen-bond acceptors (Lipinski definition) is 7. The van der Waals surface area contributed by atoms with Crippen LogP contribution in [-0.2, 0) is 17.7 Å². The summed E-state index contributed by atoms with van der Waals surface area (Å²) in [6, 6.07) is 7.43. The number of rotatable bonds is 4. The fourth-order valence-electron chi connectivity index (χ4n) is 3.15. The predicted octanol–water partition coefficient (Wildman–Crippen LogP) is 3.52. The molecule has 0 fully saturated rings. The highest BCUT2D eigenvalue weighted by molar-refractivity contribution is 6.30. The van der Waals surface area contributed by atoms with E-state index in [1.807, 2.05) is 29.2 Å². The molecule has 8 heteroatoms. The van der Waals surface area contributed by atoms with Crippen molar-refractivity contribution in [2.24, 2.45) is 0 Å². The zero-order valence-electron chi connectivity index (χ0n) is 14.7. The number of hydrogen-bond donors (Lipinski definition) is 0. The Morgan fingerprint density at radius 2 is 2.15 bits per heavy atom. The first kappa shape index (κ1) is 17.5. The Morgan fingerprint density at radius 1 is 1.33 bits per heavy atom. The van der Waals surface area contributed by atoms with Crippen LogP contribution in [0, 0.1) is 0 Å². The van der Waals surface area contributed by atoms with Gasteiger partial charge in [0.15, 0.2) is 5.76 Å². The van der Waals surface area contributed by atoms with Crippen LogP contribution in [-0.4, -0.2) is 34.2 Å². The lowest BCUT2D eigenvalue weighted by Gasteiger charge is -2.28. The Balaban J connectivity index is 1.67. The Labute approximate surface area is 160 Å². The molecule has 0 amide bonds. The minimum Gasteiger partial charge on any atom is -0.462 e. The van der Waals surface area contributed by atoms with E-state index in [1.165, 1.54) is 12.5 Å². The Morgan fingerprint density at radius 3 is 2.93 bits per heavy atom. The van der Waals surface area contributed by atoms with Gasteiger partial charge in [-0.2, -0.15) is 0 Å². The van der Waals surface area contributed by atoms with Gasteiger partial charge in [-0.25, -0.2) is 14.8 Å². The highest BCUT2D eigenvalue weighted by atomic mass is 35.5. The van der Waals surface area contributed by atoms with Gasteiger partial charge in [-0.05, 0) is 31.2 Å². The number of esters is 1.